The third kappa shape index (κ3) is 5.47. The molecule has 0 radical (unpaired) electrons. The average molecular weight is 362 g/mol. The van der Waals surface area contributed by atoms with Gasteiger partial charge in [-0.15, -0.1) is 0 Å². The molecule has 6 heteroatoms. The fraction of sp³-hybridized carbons (Fsp3) is 0.143. The summed E-state index contributed by atoms with van der Waals surface area (Å²) >= 11 is 0. The average Bonchev–Trinajstić information content (AvgIpc) is 2.70. The van der Waals surface area contributed by atoms with Crippen molar-refractivity contribution in [2.75, 3.05) is 29.6 Å². The number of anilines is 3. The zero-order chi connectivity index (χ0) is 18.9. The topological polar surface area (TPSA) is 75.3 Å². The van der Waals surface area contributed by atoms with Gasteiger partial charge in [0.05, 0.1) is 19.0 Å². The molecule has 0 spiro atoms. The molecule has 0 aliphatic carbocycles. The number of methoxy groups -OCH3 is 1. The summed E-state index contributed by atoms with van der Waals surface area (Å²) in [5.41, 5.74) is 2.76. The van der Waals surface area contributed by atoms with E-state index in [4.69, 9.17) is 4.74 Å². The molecule has 1 heterocycles. The molecule has 27 heavy (non-hydrogen) atoms. The van der Waals surface area contributed by atoms with Crippen LogP contribution in [0.4, 0.5) is 22.0 Å². The smallest absolute Gasteiger partial charge is 0.324 e. The van der Waals surface area contributed by atoms with Gasteiger partial charge in [0.2, 0.25) is 0 Å². The Morgan fingerprint density at radius 2 is 1.70 bits per heavy atom. The summed E-state index contributed by atoms with van der Waals surface area (Å²) in [5, 5.41) is 8.78. The second-order valence-electron chi connectivity index (χ2n) is 5.87. The first-order valence-electron chi connectivity index (χ1n) is 8.69. The van der Waals surface area contributed by atoms with E-state index in [2.05, 4.69) is 27.0 Å². The molecule has 0 aliphatic rings. The van der Waals surface area contributed by atoms with Crippen molar-refractivity contribution in [2.45, 2.75) is 6.42 Å². The first-order chi connectivity index (χ1) is 13.2. The number of amides is 2. The highest BCUT2D eigenvalue weighted by molar-refractivity contribution is 5.99. The highest BCUT2D eigenvalue weighted by Crippen LogP contribution is 2.18. The van der Waals surface area contributed by atoms with E-state index in [1.165, 1.54) is 0 Å². The van der Waals surface area contributed by atoms with Crippen LogP contribution in [0, 0.1) is 0 Å². The molecule has 3 N–H and O–H groups in total. The Morgan fingerprint density at radius 3 is 2.44 bits per heavy atom. The number of nitrogens with zero attached hydrogens (tertiary/aromatic N) is 1. The van der Waals surface area contributed by atoms with Gasteiger partial charge in [0, 0.05) is 12.2 Å². The number of nitrogens with one attached hydrogen (secondary N) is 3. The van der Waals surface area contributed by atoms with Crippen LogP contribution in [0.2, 0.25) is 0 Å². The summed E-state index contributed by atoms with van der Waals surface area (Å²) in [6, 6.07) is 20.5. The number of pyridine rings is 1. The van der Waals surface area contributed by atoms with Gasteiger partial charge in [0.15, 0.2) is 0 Å². The zero-order valence-electron chi connectivity index (χ0n) is 15.1. The van der Waals surface area contributed by atoms with Gasteiger partial charge >= 0.3 is 6.03 Å². The Labute approximate surface area is 158 Å². The molecule has 0 saturated heterocycles. The molecule has 0 bridgehead atoms. The number of para-hydroxylation sites is 2. The highest BCUT2D eigenvalue weighted by Gasteiger charge is 2.04. The van der Waals surface area contributed by atoms with Crippen molar-refractivity contribution in [3.8, 4) is 5.75 Å². The van der Waals surface area contributed by atoms with Crippen molar-refractivity contribution in [3.05, 3.63) is 78.5 Å². The Hall–Kier alpha value is -3.54. The molecule has 2 amide bonds. The number of rotatable bonds is 7. The number of aromatic nitrogens is 1. The summed E-state index contributed by atoms with van der Waals surface area (Å²) in [5.74, 6) is 1.38. The quantitative estimate of drug-likeness (QED) is 0.583. The van der Waals surface area contributed by atoms with E-state index in [0.29, 0.717) is 5.82 Å². The lowest BCUT2D eigenvalue weighted by Gasteiger charge is -2.10. The van der Waals surface area contributed by atoms with Crippen LogP contribution in [0.25, 0.3) is 0 Å². The molecular formula is C21H22N4O2. The molecule has 6 nitrogen and oxygen atoms in total. The van der Waals surface area contributed by atoms with Crippen molar-refractivity contribution < 1.29 is 9.53 Å². The lowest BCUT2D eigenvalue weighted by atomic mass is 10.1. The maximum atomic E-state index is 12.0. The molecule has 0 saturated carbocycles. The standard InChI is InChI=1S/C21H22N4O2/c1-27-19-10-6-5-7-16(19)13-14-22-18-11-12-20(23-15-18)25-21(26)24-17-8-3-2-4-9-17/h2-12,15,22H,13-14H2,1H3,(H2,23,24,25,26). The normalized spacial score (nSPS) is 10.1. The monoisotopic (exact) mass is 362 g/mol. The molecule has 3 rings (SSSR count). The summed E-state index contributed by atoms with van der Waals surface area (Å²) in [6.07, 6.45) is 2.53. The van der Waals surface area contributed by atoms with Gasteiger partial charge in [-0.05, 0) is 42.3 Å². The van der Waals surface area contributed by atoms with Gasteiger partial charge in [-0.2, -0.15) is 0 Å². The van der Waals surface area contributed by atoms with Crippen molar-refractivity contribution in [2.24, 2.45) is 0 Å². The summed E-state index contributed by atoms with van der Waals surface area (Å²) in [7, 11) is 1.68. The fourth-order valence-electron chi connectivity index (χ4n) is 2.62. The van der Waals surface area contributed by atoms with Gasteiger partial charge in [0.1, 0.15) is 11.6 Å². The van der Waals surface area contributed by atoms with Crippen LogP contribution < -0.4 is 20.7 Å². The number of hydrogen-bond donors (Lipinski definition) is 3. The number of benzene rings is 2. The number of urea groups is 1. The van der Waals surface area contributed by atoms with Crippen molar-refractivity contribution in [1.82, 2.24) is 4.98 Å². The molecular weight excluding hydrogens is 340 g/mol. The summed E-state index contributed by atoms with van der Waals surface area (Å²) < 4.78 is 5.36. The minimum atomic E-state index is -0.328. The van der Waals surface area contributed by atoms with E-state index < -0.39 is 0 Å². The number of hydrogen-bond acceptors (Lipinski definition) is 4. The second kappa shape index (κ2) is 9.24. The molecule has 138 valence electrons. The molecule has 0 atom stereocenters. The first-order valence-corrected chi connectivity index (χ1v) is 8.69. The van der Waals surface area contributed by atoms with Gasteiger partial charge < -0.3 is 15.4 Å². The van der Waals surface area contributed by atoms with E-state index >= 15 is 0 Å². The minimum absolute atomic E-state index is 0.328. The predicted molar refractivity (Wildman–Crippen MR) is 109 cm³/mol. The number of carbonyl (C=O) groups is 1. The van der Waals surface area contributed by atoms with Crippen LogP contribution in [-0.2, 0) is 6.42 Å². The second-order valence-corrected chi connectivity index (χ2v) is 5.87. The van der Waals surface area contributed by atoms with Crippen molar-refractivity contribution >= 4 is 23.2 Å². The fourth-order valence-corrected chi connectivity index (χ4v) is 2.62. The Balaban J connectivity index is 1.48. The SMILES string of the molecule is COc1ccccc1CCNc1ccc(NC(=O)Nc2ccccc2)nc1. The minimum Gasteiger partial charge on any atom is -0.496 e. The third-order valence-electron chi connectivity index (χ3n) is 3.95. The van der Waals surface area contributed by atoms with Crippen LogP contribution in [0.1, 0.15) is 5.56 Å². The largest absolute Gasteiger partial charge is 0.496 e. The van der Waals surface area contributed by atoms with Gasteiger partial charge in [0.25, 0.3) is 0 Å². The van der Waals surface area contributed by atoms with Crippen LogP contribution in [0.15, 0.2) is 72.9 Å². The van der Waals surface area contributed by atoms with E-state index in [1.807, 2.05) is 54.6 Å². The molecule has 2 aromatic carbocycles. The number of carbonyl (C=O) groups excluding carboxylic acids is 1. The molecule has 0 unspecified atom stereocenters. The van der Waals surface area contributed by atoms with E-state index in [-0.39, 0.29) is 6.03 Å². The number of ether oxygens (including phenoxy) is 1. The molecule has 1 aromatic heterocycles. The Kier molecular flexibility index (Phi) is 6.25. The predicted octanol–water partition coefficient (Wildman–Crippen LogP) is 4.39. The Bertz CT molecular complexity index is 867. The highest BCUT2D eigenvalue weighted by atomic mass is 16.5. The van der Waals surface area contributed by atoms with E-state index in [1.54, 1.807) is 19.4 Å². The van der Waals surface area contributed by atoms with Crippen molar-refractivity contribution in [3.63, 3.8) is 0 Å². The lowest BCUT2D eigenvalue weighted by molar-refractivity contribution is 0.262. The first kappa shape index (κ1) is 18.3. The van der Waals surface area contributed by atoms with Gasteiger partial charge in [-0.3, -0.25) is 5.32 Å². The molecule has 0 fully saturated rings. The molecule has 3 aromatic rings. The van der Waals surface area contributed by atoms with Crippen molar-refractivity contribution in [1.29, 1.82) is 0 Å². The maximum Gasteiger partial charge on any atom is 0.324 e. The summed E-state index contributed by atoms with van der Waals surface area (Å²) in [4.78, 5) is 16.2. The molecule has 0 aliphatic heterocycles. The van der Waals surface area contributed by atoms with Crippen LogP contribution >= 0.6 is 0 Å². The van der Waals surface area contributed by atoms with E-state index in [0.717, 1.165) is 35.7 Å². The maximum absolute atomic E-state index is 12.0. The van der Waals surface area contributed by atoms with Crippen LogP contribution in [-0.4, -0.2) is 24.7 Å². The Morgan fingerprint density at radius 1 is 0.926 bits per heavy atom. The van der Waals surface area contributed by atoms with Crippen LogP contribution in [0.3, 0.4) is 0 Å². The summed E-state index contributed by atoms with van der Waals surface area (Å²) in [6.45, 7) is 0.753. The lowest BCUT2D eigenvalue weighted by Crippen LogP contribution is -2.20. The van der Waals surface area contributed by atoms with Crippen LogP contribution in [0.5, 0.6) is 5.75 Å². The van der Waals surface area contributed by atoms with E-state index in [9.17, 15) is 4.79 Å². The third-order valence-corrected chi connectivity index (χ3v) is 3.95. The zero-order valence-corrected chi connectivity index (χ0v) is 15.1. The van der Waals surface area contributed by atoms with Gasteiger partial charge in [-0.1, -0.05) is 36.4 Å². The van der Waals surface area contributed by atoms with Gasteiger partial charge in [-0.25, -0.2) is 9.78 Å².